The van der Waals surface area contributed by atoms with E-state index in [9.17, 15) is 39.9 Å². The molecule has 0 radical (unpaired) electrons. The summed E-state index contributed by atoms with van der Waals surface area (Å²) in [7, 11) is 0. The fourth-order valence-electron chi connectivity index (χ4n) is 8.63. The monoisotopic (exact) mass is 518 g/mol. The largest absolute Gasteiger partial charge is 0.505 e. The molecule has 5 N–H and O–H groups in total. The highest BCUT2D eigenvalue weighted by atomic mass is 16.3. The molecule has 0 aromatic rings. The summed E-state index contributed by atoms with van der Waals surface area (Å²) in [6.45, 7) is 11.4. The lowest BCUT2D eigenvalue weighted by molar-refractivity contribution is -0.166. The van der Waals surface area contributed by atoms with Crippen LogP contribution in [-0.4, -0.2) is 66.3 Å². The molecule has 206 valence electrons. The van der Waals surface area contributed by atoms with E-state index in [0.717, 1.165) is 5.57 Å². The first kappa shape index (κ1) is 28.1. The molecule has 8 heteroatoms. The highest BCUT2D eigenvalue weighted by Gasteiger charge is 2.68. The van der Waals surface area contributed by atoms with Crippen LogP contribution in [0, 0.1) is 39.9 Å². The first-order valence-corrected chi connectivity index (χ1v) is 13.2. The molecule has 4 rings (SSSR count). The molecule has 4 aliphatic carbocycles. The Bertz CT molecular complexity index is 1090. The van der Waals surface area contributed by atoms with E-state index in [2.05, 4.69) is 0 Å². The van der Waals surface area contributed by atoms with E-state index in [1.165, 1.54) is 26.8 Å². The van der Waals surface area contributed by atoms with Gasteiger partial charge in [-0.15, -0.1) is 0 Å². The predicted octanol–water partition coefficient (Wildman–Crippen LogP) is 2.42. The Morgan fingerprint density at radius 2 is 1.73 bits per heavy atom. The Kier molecular flexibility index (Phi) is 6.32. The number of aliphatic hydroxyl groups is 5. The fraction of sp³-hybridized carbons (Fsp3) is 0.759. The SMILES string of the molecule is CC1(C)C(=O)C(O)=C[C@]2(C)C1=CC[C@@H]1[C@H]2C(=O)C[C@@]2(C)[C@H]1C[C@@H](O)[C@@H]2[C@@](C)(O)C(=O)C[C@@H](O)C(C)(C)O. The first-order valence-electron chi connectivity index (χ1n) is 13.2. The lowest BCUT2D eigenvalue weighted by atomic mass is 9.45. The fourth-order valence-corrected chi connectivity index (χ4v) is 8.63. The molecule has 2 saturated carbocycles. The Morgan fingerprint density at radius 3 is 2.30 bits per heavy atom. The van der Waals surface area contributed by atoms with Gasteiger partial charge in [-0.2, -0.15) is 0 Å². The van der Waals surface area contributed by atoms with Gasteiger partial charge in [0.15, 0.2) is 11.5 Å². The second-order valence-corrected chi connectivity index (χ2v) is 13.7. The molecule has 0 spiro atoms. The van der Waals surface area contributed by atoms with Crippen LogP contribution in [0.5, 0.6) is 0 Å². The molecule has 0 amide bonds. The van der Waals surface area contributed by atoms with Crippen LogP contribution in [0.15, 0.2) is 23.5 Å². The number of ketones is 3. The lowest BCUT2D eigenvalue weighted by Gasteiger charge is -2.57. The van der Waals surface area contributed by atoms with Crippen molar-refractivity contribution in [1.82, 2.24) is 0 Å². The number of allylic oxidation sites excluding steroid dienone is 4. The standard InChI is InChI=1S/C29H42O8/c1-25(2)19-9-8-14-15-10-16(30)23(29(7,37)21(34)11-20(33)26(3,4)36)27(15,5)12-17(31)22(14)28(19,6)13-18(32)24(25)35/h9,13-16,20,22-23,30,32-33,36-37H,8,10-12H2,1-7H3/t14-,15-,16+,20+,22-,23-,27-,28+,29-/m0/s1. The van der Waals surface area contributed by atoms with Gasteiger partial charge in [-0.1, -0.05) is 25.5 Å². The van der Waals surface area contributed by atoms with Crippen molar-refractivity contribution in [3.05, 3.63) is 23.5 Å². The minimum Gasteiger partial charge on any atom is -0.505 e. The molecule has 0 unspecified atom stereocenters. The van der Waals surface area contributed by atoms with E-state index in [1.54, 1.807) is 13.8 Å². The van der Waals surface area contributed by atoms with Crippen molar-refractivity contribution >= 4 is 17.3 Å². The number of Topliss-reactive ketones (excluding diaryl/α,β-unsaturated/α-hetero) is 3. The molecular weight excluding hydrogens is 476 g/mol. The van der Waals surface area contributed by atoms with Gasteiger partial charge in [-0.05, 0) is 70.8 Å². The smallest absolute Gasteiger partial charge is 0.206 e. The van der Waals surface area contributed by atoms with Crippen molar-refractivity contribution in [1.29, 1.82) is 0 Å². The van der Waals surface area contributed by atoms with Gasteiger partial charge in [0.05, 0.1) is 23.2 Å². The minimum atomic E-state index is -2.03. The Balaban J connectivity index is 1.72. The molecule has 37 heavy (non-hydrogen) atoms. The molecule has 0 saturated heterocycles. The van der Waals surface area contributed by atoms with E-state index in [1.807, 2.05) is 19.9 Å². The van der Waals surface area contributed by atoms with E-state index in [4.69, 9.17) is 0 Å². The number of fused-ring (bicyclic) bond motifs is 5. The molecule has 4 aliphatic rings. The Hall–Kier alpha value is -1.87. The summed E-state index contributed by atoms with van der Waals surface area (Å²) in [5.74, 6) is -3.34. The molecule has 0 heterocycles. The van der Waals surface area contributed by atoms with Gasteiger partial charge >= 0.3 is 0 Å². The third-order valence-corrected chi connectivity index (χ3v) is 10.4. The maximum Gasteiger partial charge on any atom is 0.206 e. The number of carbonyl (C=O) groups excluding carboxylic acids is 3. The molecule has 8 nitrogen and oxygen atoms in total. The highest BCUT2D eigenvalue weighted by Crippen LogP contribution is 2.67. The van der Waals surface area contributed by atoms with Crippen LogP contribution in [0.1, 0.15) is 74.1 Å². The van der Waals surface area contributed by atoms with Gasteiger partial charge in [-0.25, -0.2) is 0 Å². The van der Waals surface area contributed by atoms with E-state index < -0.39 is 63.7 Å². The minimum absolute atomic E-state index is 0.0316. The molecule has 0 aromatic heterocycles. The van der Waals surface area contributed by atoms with Crippen LogP contribution in [0.3, 0.4) is 0 Å². The number of hydrogen-bond acceptors (Lipinski definition) is 8. The molecule has 0 aromatic carbocycles. The maximum atomic E-state index is 13.9. The summed E-state index contributed by atoms with van der Waals surface area (Å²) in [5.41, 5.74) is -5.45. The maximum absolute atomic E-state index is 13.9. The summed E-state index contributed by atoms with van der Waals surface area (Å²) in [6, 6.07) is 0. The third kappa shape index (κ3) is 3.89. The second-order valence-electron chi connectivity index (χ2n) is 13.7. The van der Waals surface area contributed by atoms with Gasteiger partial charge in [0, 0.05) is 30.1 Å². The zero-order chi connectivity index (χ0) is 28.1. The molecule has 9 atom stereocenters. The average Bonchev–Trinajstić information content (AvgIpc) is 3.01. The molecular formula is C29H42O8. The highest BCUT2D eigenvalue weighted by molar-refractivity contribution is 6.02. The van der Waals surface area contributed by atoms with E-state index in [-0.39, 0.29) is 35.6 Å². The van der Waals surface area contributed by atoms with Gasteiger partial charge in [0.2, 0.25) is 5.78 Å². The van der Waals surface area contributed by atoms with Crippen molar-refractivity contribution in [3.63, 3.8) is 0 Å². The summed E-state index contributed by atoms with van der Waals surface area (Å²) < 4.78 is 0. The summed E-state index contributed by atoms with van der Waals surface area (Å²) in [4.78, 5) is 39.9. The number of hydrogen-bond donors (Lipinski definition) is 5. The van der Waals surface area contributed by atoms with Crippen molar-refractivity contribution in [2.45, 2.75) is 97.6 Å². The van der Waals surface area contributed by atoms with Crippen molar-refractivity contribution < 1.29 is 39.9 Å². The van der Waals surface area contributed by atoms with Gasteiger partial charge in [0.25, 0.3) is 0 Å². The quantitative estimate of drug-likeness (QED) is 0.348. The normalized spacial score (nSPS) is 41.5. The summed E-state index contributed by atoms with van der Waals surface area (Å²) >= 11 is 0. The average molecular weight is 519 g/mol. The van der Waals surface area contributed by atoms with E-state index >= 15 is 0 Å². The first-order chi connectivity index (χ1) is 16.7. The van der Waals surface area contributed by atoms with Crippen LogP contribution in [-0.2, 0) is 14.4 Å². The van der Waals surface area contributed by atoms with Crippen LogP contribution in [0.2, 0.25) is 0 Å². The third-order valence-electron chi connectivity index (χ3n) is 10.4. The van der Waals surface area contributed by atoms with Crippen LogP contribution in [0.4, 0.5) is 0 Å². The lowest BCUT2D eigenvalue weighted by Crippen LogP contribution is -2.59. The predicted molar refractivity (Wildman–Crippen MR) is 135 cm³/mol. The number of aliphatic hydroxyl groups excluding tert-OH is 3. The van der Waals surface area contributed by atoms with Gasteiger partial charge in [0.1, 0.15) is 11.4 Å². The molecule has 2 fully saturated rings. The van der Waals surface area contributed by atoms with Crippen molar-refractivity contribution in [2.24, 2.45) is 39.9 Å². The van der Waals surface area contributed by atoms with E-state index in [0.29, 0.717) is 12.8 Å². The zero-order valence-corrected chi connectivity index (χ0v) is 22.9. The van der Waals surface area contributed by atoms with Gasteiger partial charge in [-0.3, -0.25) is 14.4 Å². The second kappa shape index (κ2) is 8.31. The molecule has 0 bridgehead atoms. The number of carbonyl (C=O) groups is 3. The molecule has 0 aliphatic heterocycles. The Morgan fingerprint density at radius 1 is 1.14 bits per heavy atom. The Labute approximate surface area is 218 Å². The summed E-state index contributed by atoms with van der Waals surface area (Å²) in [5, 5.41) is 53.7. The van der Waals surface area contributed by atoms with Crippen molar-refractivity contribution in [3.8, 4) is 0 Å². The topological polar surface area (TPSA) is 152 Å². The van der Waals surface area contributed by atoms with Crippen LogP contribution < -0.4 is 0 Å². The van der Waals surface area contributed by atoms with Gasteiger partial charge < -0.3 is 25.5 Å². The van der Waals surface area contributed by atoms with Crippen molar-refractivity contribution in [2.75, 3.05) is 0 Å². The van der Waals surface area contributed by atoms with Crippen LogP contribution >= 0.6 is 0 Å². The van der Waals surface area contributed by atoms with Crippen LogP contribution in [0.25, 0.3) is 0 Å². The number of rotatable bonds is 5. The zero-order valence-electron chi connectivity index (χ0n) is 22.9. The summed E-state index contributed by atoms with van der Waals surface area (Å²) in [6.07, 6.45) is 1.43.